The molecule has 0 aromatic rings. The van der Waals surface area contributed by atoms with E-state index in [1.807, 2.05) is 0 Å². The van der Waals surface area contributed by atoms with Crippen molar-refractivity contribution in [2.75, 3.05) is 0 Å². The summed E-state index contributed by atoms with van der Waals surface area (Å²) in [6.07, 6.45) is -17.5. The van der Waals surface area contributed by atoms with Gasteiger partial charge in [-0.2, -0.15) is 26.3 Å². The van der Waals surface area contributed by atoms with Crippen molar-refractivity contribution in [1.29, 1.82) is 0 Å². The zero-order chi connectivity index (χ0) is 11.8. The molecule has 0 saturated carbocycles. The zero-order valence-corrected chi connectivity index (χ0v) is 7.60. The van der Waals surface area contributed by atoms with Crippen LogP contribution in [0.25, 0.3) is 0 Å². The molecule has 0 amide bonds. The van der Waals surface area contributed by atoms with Crippen molar-refractivity contribution < 1.29 is 38.1 Å². The molecule has 0 aliphatic carbocycles. The maximum Gasteiger partial charge on any atom is 0.652 e. The molecule has 0 spiro atoms. The molecular weight excluding hydrogens is 243 g/mol. The zero-order valence-electron chi connectivity index (χ0n) is 6.19. The molecule has 0 aliphatic rings. The third kappa shape index (κ3) is 2.04. The summed E-state index contributed by atoms with van der Waals surface area (Å²) >= 11 is -4.53. The van der Waals surface area contributed by atoms with Crippen LogP contribution in [-0.4, -0.2) is 39.7 Å². The lowest BCUT2D eigenvalue weighted by molar-refractivity contribution is -0.302. The highest BCUT2D eigenvalue weighted by molar-refractivity contribution is 6.32. The molecule has 0 radical (unpaired) electrons. The van der Waals surface area contributed by atoms with Crippen molar-refractivity contribution in [2.24, 2.45) is 0 Å². The minimum Gasteiger partial charge on any atom is -0.483 e. The van der Waals surface area contributed by atoms with Crippen molar-refractivity contribution in [2.45, 2.75) is 22.3 Å². The van der Waals surface area contributed by atoms with Gasteiger partial charge in [0.1, 0.15) is 0 Å². The second-order valence-corrected chi connectivity index (χ2v) is 3.78. The van der Waals surface area contributed by atoms with Gasteiger partial charge in [0.15, 0.2) is 3.54 Å². The lowest BCUT2D eigenvalue weighted by atomic mass is 10.1. The Balaban J connectivity index is 5.45. The van der Waals surface area contributed by atoms with Crippen LogP contribution < -0.4 is 0 Å². The van der Waals surface area contributed by atoms with Crippen LogP contribution in [0.1, 0.15) is 0 Å². The van der Waals surface area contributed by atoms with Crippen LogP contribution in [0, 0.1) is 0 Å². The Labute approximate surface area is 81.9 Å². The van der Waals surface area contributed by atoms with E-state index in [0.29, 0.717) is 0 Å². The highest BCUT2D eigenvalue weighted by Crippen LogP contribution is 2.59. The third-order valence-electron chi connectivity index (χ3n) is 1.59. The second-order valence-electron chi connectivity index (χ2n) is 2.40. The second kappa shape index (κ2) is 3.95. The predicted molar refractivity (Wildman–Crippen MR) is 27.7 cm³/mol. The average Bonchev–Trinajstić information content (AvgIpc) is 1.80. The highest BCUT2D eigenvalue weighted by atomic mass is 24.6. The summed E-state index contributed by atoms with van der Waals surface area (Å²) in [5, 5.41) is 0. The molecule has 82 valence electrons. The fourth-order valence-corrected chi connectivity index (χ4v) is 1.04. The maximum absolute atomic E-state index is 11.8. The van der Waals surface area contributed by atoms with Crippen LogP contribution in [0.5, 0.6) is 0 Å². The third-order valence-corrected chi connectivity index (χ3v) is 3.13. The Morgan fingerprint density at radius 3 is 1.07 bits per heavy atom. The Hall–Kier alpha value is 0.136. The lowest BCUT2D eigenvalue weighted by Crippen LogP contribution is -2.51. The van der Waals surface area contributed by atoms with Gasteiger partial charge in [0.25, 0.3) is 0 Å². The summed E-state index contributed by atoms with van der Waals surface area (Å²) in [6.45, 7) is 0. The summed E-state index contributed by atoms with van der Waals surface area (Å²) in [5.41, 5.74) is 0. The summed E-state index contributed by atoms with van der Waals surface area (Å²) in [6, 6.07) is 0. The van der Waals surface area contributed by atoms with Crippen molar-refractivity contribution in [3.8, 4) is 0 Å². The molecule has 0 aliphatic heterocycles. The molecule has 0 nitrogen and oxygen atoms in total. The fraction of sp³-hybridized carbons (Fsp3) is 1.00. The van der Waals surface area contributed by atoms with E-state index in [-0.39, 0.29) is 0 Å². The van der Waals surface area contributed by atoms with E-state index in [1.165, 1.54) is 0 Å². The van der Waals surface area contributed by atoms with Gasteiger partial charge in [-0.25, -0.2) is 8.78 Å². The largest absolute Gasteiger partial charge is 0.652 e. The Morgan fingerprint density at radius 2 is 1.07 bits per heavy atom. The van der Waals surface area contributed by atoms with Crippen molar-refractivity contribution in [3.05, 3.63) is 0 Å². The first-order valence-corrected chi connectivity index (χ1v) is 4.22. The van der Waals surface area contributed by atoms with Crippen LogP contribution in [0.4, 0.5) is 38.1 Å². The van der Waals surface area contributed by atoms with Gasteiger partial charge in [-0.3, -0.25) is 0 Å². The first kappa shape index (κ1) is 14.1. The van der Waals surface area contributed by atoms with Gasteiger partial charge < -0.3 is 2.96 Å². The molecule has 10 heteroatoms. The van der Waals surface area contributed by atoms with E-state index < -0.39 is 43.2 Å². The normalized spacial score (nSPS) is 14.4. The van der Waals surface area contributed by atoms with E-state index in [0.717, 1.165) is 0 Å². The molecule has 0 aromatic heterocycles. The summed E-state index contributed by atoms with van der Waals surface area (Å²) < 4.78 is 100. The van der Waals surface area contributed by atoms with E-state index in [9.17, 15) is 38.1 Å². The van der Waals surface area contributed by atoms with Crippen LogP contribution in [0.2, 0.25) is 3.54 Å². The van der Waals surface area contributed by atoms with Gasteiger partial charge in [0.2, 0.25) is 6.43 Å². The minimum atomic E-state index is -6.32. The first-order valence-electron chi connectivity index (χ1n) is 2.98. The molecule has 0 atom stereocenters. The molecule has 0 N–H and O–H groups in total. The molecule has 0 unspecified atom stereocenters. The highest BCUT2D eigenvalue weighted by Gasteiger charge is 2.76. The quantitative estimate of drug-likeness (QED) is 0.517. The summed E-state index contributed by atoms with van der Waals surface area (Å²) in [5.74, 6) is 0. The molecule has 0 bridgehead atoms. The first-order chi connectivity index (χ1) is 6.00. The van der Waals surface area contributed by atoms with Crippen LogP contribution in [0.15, 0.2) is 0 Å². The van der Waals surface area contributed by atoms with Gasteiger partial charge in [0.05, 0.1) is 0 Å². The molecule has 0 saturated heterocycles. The number of alkyl halides is 8. The topological polar surface area (TPSA) is 0 Å². The lowest BCUT2D eigenvalue weighted by Gasteiger charge is -2.34. The van der Waals surface area contributed by atoms with Gasteiger partial charge in [-0.1, -0.05) is 0 Å². The monoisotopic (exact) mass is 244 g/mol. The van der Waals surface area contributed by atoms with E-state index in [1.54, 1.807) is 0 Å². The fourth-order valence-electron chi connectivity index (χ4n) is 0.618. The average molecular weight is 244 g/mol. The smallest absolute Gasteiger partial charge is 0.483 e. The molecule has 0 fully saturated rings. The number of hydrogen-bond acceptors (Lipinski definition) is 0. The van der Waals surface area contributed by atoms with Gasteiger partial charge >= 0.3 is 33.3 Å². The molecule has 14 heavy (non-hydrogen) atoms. The summed E-state index contributed by atoms with van der Waals surface area (Å²) in [4.78, 5) is 0. The molecule has 0 rings (SSSR count). The van der Waals surface area contributed by atoms with Crippen molar-refractivity contribution >= 4 is 20.9 Å². The Kier molecular flexibility index (Phi) is 3.99. The maximum atomic E-state index is 11.8. The van der Waals surface area contributed by atoms with Gasteiger partial charge in [-0.05, 0) is 0 Å². The van der Waals surface area contributed by atoms with Crippen molar-refractivity contribution in [1.82, 2.24) is 0 Å². The minimum absolute atomic E-state index is 4.53. The van der Waals surface area contributed by atoms with E-state index in [4.69, 9.17) is 0 Å². The number of rotatable bonds is 2. The van der Waals surface area contributed by atoms with Gasteiger partial charge in [-0.15, -0.1) is 0 Å². The Morgan fingerprint density at radius 1 is 0.786 bits per heavy atom. The van der Waals surface area contributed by atoms with Crippen molar-refractivity contribution in [3.63, 3.8) is 0 Å². The van der Waals surface area contributed by atoms with Gasteiger partial charge in [0, 0.05) is 0 Å². The van der Waals surface area contributed by atoms with E-state index in [2.05, 4.69) is 0 Å². The van der Waals surface area contributed by atoms with Crippen LogP contribution >= 0.6 is 0 Å². The molecule has 0 aromatic carbocycles. The number of hydrogen-bond donors (Lipinski definition) is 0. The van der Waals surface area contributed by atoms with Crippen LogP contribution in [0.3, 0.4) is 0 Å². The van der Waals surface area contributed by atoms with Crippen LogP contribution in [-0.2, 0) is 0 Å². The standard InChI is InChI=1S/C4HF8.FH.Mg/c5-2(6)1(3(7,8)9)4(10,11)12;;/h2H;1H;/q;;+1/p-1. The molecular formula is C4HF9Mg. The molecule has 0 heterocycles. The Bertz CT molecular complexity index is 176. The summed E-state index contributed by atoms with van der Waals surface area (Å²) in [7, 11) is 0. The number of halogens is 9. The van der Waals surface area contributed by atoms with E-state index >= 15 is 0 Å². The SMILES string of the molecule is [F][Mg][C](C(F)F)(C(F)(F)F)C(F)(F)F. The predicted octanol–water partition coefficient (Wildman–Crippen LogP) is 3.12.